The summed E-state index contributed by atoms with van der Waals surface area (Å²) in [5.41, 5.74) is 8.74. The van der Waals surface area contributed by atoms with Crippen LogP contribution >= 0.6 is 22.6 Å². The van der Waals surface area contributed by atoms with E-state index in [0.29, 0.717) is 11.3 Å². The summed E-state index contributed by atoms with van der Waals surface area (Å²) in [7, 11) is 0. The predicted molar refractivity (Wildman–Crippen MR) is 74.7 cm³/mol. The van der Waals surface area contributed by atoms with Crippen LogP contribution in [0.25, 0.3) is 0 Å². The van der Waals surface area contributed by atoms with Gasteiger partial charge in [-0.1, -0.05) is 6.42 Å². The van der Waals surface area contributed by atoms with Crippen LogP contribution in [-0.4, -0.2) is 11.9 Å². The highest BCUT2D eigenvalue weighted by atomic mass is 127. The first-order valence-electron chi connectivity index (χ1n) is 5.64. The highest BCUT2D eigenvalue weighted by Crippen LogP contribution is 2.27. The second kappa shape index (κ2) is 5.55. The Morgan fingerprint density at radius 1 is 1.39 bits per heavy atom. The first-order valence-corrected chi connectivity index (χ1v) is 6.72. The number of benzene rings is 1. The summed E-state index contributed by atoms with van der Waals surface area (Å²) in [6.07, 6.45) is 2.86. The van der Waals surface area contributed by atoms with Crippen LogP contribution in [0.1, 0.15) is 29.6 Å². The molecule has 0 atom stereocenters. The fourth-order valence-corrected chi connectivity index (χ4v) is 2.22. The van der Waals surface area contributed by atoms with Crippen molar-refractivity contribution in [3.63, 3.8) is 0 Å². The maximum atomic E-state index is 11.5. The molecule has 0 aliphatic heterocycles. The third-order valence-electron chi connectivity index (χ3n) is 2.94. The first-order chi connectivity index (χ1) is 8.58. The molecule has 0 radical (unpaired) electrons. The Balaban J connectivity index is 1.98. The molecule has 1 amide bonds. The zero-order valence-corrected chi connectivity index (χ0v) is 11.8. The Morgan fingerprint density at radius 3 is 2.67 bits per heavy atom. The van der Waals surface area contributed by atoms with E-state index in [9.17, 15) is 9.59 Å². The predicted octanol–water partition coefficient (Wildman–Crippen LogP) is 2.06. The summed E-state index contributed by atoms with van der Waals surface area (Å²) in [6.45, 7) is 0. The molecule has 1 aliphatic carbocycles. The largest absolute Gasteiger partial charge is 0.366 e. The van der Waals surface area contributed by atoms with Crippen molar-refractivity contribution in [2.75, 3.05) is 5.48 Å². The van der Waals surface area contributed by atoms with Gasteiger partial charge in [0.1, 0.15) is 0 Å². The minimum atomic E-state index is -0.506. The van der Waals surface area contributed by atoms with Gasteiger partial charge in [-0.2, -0.15) is 0 Å². The van der Waals surface area contributed by atoms with Gasteiger partial charge in [0.25, 0.3) is 0 Å². The molecule has 0 spiro atoms. The quantitative estimate of drug-likeness (QED) is 0.636. The minimum absolute atomic E-state index is 0.0111. The van der Waals surface area contributed by atoms with E-state index < -0.39 is 5.91 Å². The molecule has 6 heteroatoms. The van der Waals surface area contributed by atoms with Gasteiger partial charge < -0.3 is 10.6 Å². The van der Waals surface area contributed by atoms with Gasteiger partial charge in [-0.3, -0.25) is 4.79 Å². The summed E-state index contributed by atoms with van der Waals surface area (Å²) in [4.78, 5) is 27.6. The normalized spacial score (nSPS) is 14.7. The van der Waals surface area contributed by atoms with Crippen molar-refractivity contribution in [2.45, 2.75) is 19.3 Å². The van der Waals surface area contributed by atoms with Crippen molar-refractivity contribution in [3.05, 3.63) is 27.3 Å². The molecule has 2 rings (SSSR count). The van der Waals surface area contributed by atoms with E-state index in [4.69, 9.17) is 10.6 Å². The molecule has 18 heavy (non-hydrogen) atoms. The molecule has 1 aliphatic rings. The number of rotatable bonds is 4. The van der Waals surface area contributed by atoms with Crippen LogP contribution in [0.15, 0.2) is 18.2 Å². The van der Waals surface area contributed by atoms with Crippen LogP contribution in [0.5, 0.6) is 0 Å². The monoisotopic (exact) mass is 360 g/mol. The van der Waals surface area contributed by atoms with Crippen molar-refractivity contribution in [1.82, 2.24) is 0 Å². The molecular weight excluding hydrogens is 347 g/mol. The molecule has 1 aromatic carbocycles. The van der Waals surface area contributed by atoms with E-state index in [0.717, 1.165) is 22.8 Å². The third-order valence-corrected chi connectivity index (χ3v) is 3.88. The molecule has 0 aromatic heterocycles. The standard InChI is InChI=1S/C12H13IN2O3/c13-10-5-4-8(6-9(10)11(14)16)15-18-12(17)7-2-1-3-7/h4-7,15H,1-3H2,(H2,14,16). The molecular formula is C12H13IN2O3. The van der Waals surface area contributed by atoms with E-state index in [2.05, 4.69) is 5.48 Å². The molecule has 1 fully saturated rings. The molecule has 3 N–H and O–H groups in total. The number of amides is 1. The van der Waals surface area contributed by atoms with Crippen LogP contribution < -0.4 is 11.2 Å². The van der Waals surface area contributed by atoms with Gasteiger partial charge in [0.2, 0.25) is 5.91 Å². The summed E-state index contributed by atoms with van der Waals surface area (Å²) in [5, 5.41) is 0. The van der Waals surface area contributed by atoms with Crippen LogP contribution in [0.3, 0.4) is 0 Å². The lowest BCUT2D eigenvalue weighted by Gasteiger charge is -2.22. The van der Waals surface area contributed by atoms with Crippen LogP contribution in [0, 0.1) is 9.49 Å². The van der Waals surface area contributed by atoms with E-state index >= 15 is 0 Å². The fourth-order valence-electron chi connectivity index (χ4n) is 1.61. The van der Waals surface area contributed by atoms with Crippen molar-refractivity contribution in [2.24, 2.45) is 11.7 Å². The lowest BCUT2D eigenvalue weighted by atomic mass is 9.86. The average Bonchev–Trinajstić information content (AvgIpc) is 2.25. The van der Waals surface area contributed by atoms with Crippen molar-refractivity contribution >= 4 is 40.2 Å². The Bertz CT molecular complexity index is 486. The van der Waals surface area contributed by atoms with Gasteiger partial charge >= 0.3 is 5.97 Å². The zero-order chi connectivity index (χ0) is 13.1. The summed E-state index contributed by atoms with van der Waals surface area (Å²) >= 11 is 2.02. The maximum Gasteiger partial charge on any atom is 0.335 e. The van der Waals surface area contributed by atoms with Crippen molar-refractivity contribution in [3.8, 4) is 0 Å². The van der Waals surface area contributed by atoms with Gasteiger partial charge in [0.05, 0.1) is 17.2 Å². The molecule has 0 saturated heterocycles. The number of nitrogens with one attached hydrogen (secondary N) is 1. The Hall–Kier alpha value is -1.31. The van der Waals surface area contributed by atoms with Crippen LogP contribution in [0.4, 0.5) is 5.69 Å². The number of primary amides is 1. The van der Waals surface area contributed by atoms with Crippen molar-refractivity contribution in [1.29, 1.82) is 0 Å². The Kier molecular flexibility index (Phi) is 4.05. The third kappa shape index (κ3) is 2.92. The van der Waals surface area contributed by atoms with Crippen LogP contribution in [0.2, 0.25) is 0 Å². The van der Waals surface area contributed by atoms with Gasteiger partial charge in [0, 0.05) is 3.57 Å². The summed E-state index contributed by atoms with van der Waals surface area (Å²) < 4.78 is 0.760. The number of hydrogen-bond donors (Lipinski definition) is 2. The van der Waals surface area contributed by atoms with E-state index in [-0.39, 0.29) is 11.9 Å². The van der Waals surface area contributed by atoms with Crippen molar-refractivity contribution < 1.29 is 14.4 Å². The zero-order valence-electron chi connectivity index (χ0n) is 9.61. The number of carbonyl (C=O) groups excluding carboxylic acids is 2. The number of carbonyl (C=O) groups is 2. The molecule has 0 unspecified atom stereocenters. The van der Waals surface area contributed by atoms with E-state index in [1.807, 2.05) is 22.6 Å². The smallest absolute Gasteiger partial charge is 0.335 e. The first kappa shape index (κ1) is 13.1. The number of halogens is 1. The van der Waals surface area contributed by atoms with Gasteiger partial charge in [-0.15, -0.1) is 0 Å². The minimum Gasteiger partial charge on any atom is -0.366 e. The SMILES string of the molecule is NC(=O)c1cc(NOC(=O)C2CCC2)ccc1I. The molecule has 0 heterocycles. The Morgan fingerprint density at radius 2 is 2.11 bits per heavy atom. The Labute approximate surface area is 118 Å². The number of anilines is 1. The molecule has 1 saturated carbocycles. The molecule has 0 bridgehead atoms. The van der Waals surface area contributed by atoms with Crippen LogP contribution in [-0.2, 0) is 9.63 Å². The molecule has 5 nitrogen and oxygen atoms in total. The molecule has 1 aromatic rings. The maximum absolute atomic E-state index is 11.5. The number of hydrogen-bond acceptors (Lipinski definition) is 4. The summed E-state index contributed by atoms with van der Waals surface area (Å²) in [5.74, 6) is -0.745. The lowest BCUT2D eigenvalue weighted by molar-refractivity contribution is -0.148. The fraction of sp³-hybridized carbons (Fsp3) is 0.333. The topological polar surface area (TPSA) is 81.4 Å². The average molecular weight is 360 g/mol. The molecule has 96 valence electrons. The number of nitrogens with two attached hydrogens (primary N) is 1. The highest BCUT2D eigenvalue weighted by molar-refractivity contribution is 14.1. The lowest BCUT2D eigenvalue weighted by Crippen LogP contribution is -2.26. The van der Waals surface area contributed by atoms with E-state index in [1.54, 1.807) is 18.2 Å². The second-order valence-corrected chi connectivity index (χ2v) is 5.37. The highest BCUT2D eigenvalue weighted by Gasteiger charge is 2.27. The summed E-state index contributed by atoms with van der Waals surface area (Å²) in [6, 6.07) is 5.03. The van der Waals surface area contributed by atoms with Gasteiger partial charge in [-0.05, 0) is 53.6 Å². The van der Waals surface area contributed by atoms with Gasteiger partial charge in [0.15, 0.2) is 0 Å². The second-order valence-electron chi connectivity index (χ2n) is 4.21. The van der Waals surface area contributed by atoms with Gasteiger partial charge in [-0.25, -0.2) is 10.3 Å². The van der Waals surface area contributed by atoms with E-state index in [1.165, 1.54) is 0 Å².